The molecule has 2 heterocycles. The van der Waals surface area contributed by atoms with Crippen molar-refractivity contribution in [3.05, 3.63) is 40.8 Å². The number of fused-ring (bicyclic) bond motifs is 1. The Kier molecular flexibility index (Phi) is 2.69. The van der Waals surface area contributed by atoms with Gasteiger partial charge in [0, 0.05) is 4.88 Å². The van der Waals surface area contributed by atoms with Crippen molar-refractivity contribution in [1.29, 1.82) is 0 Å². The van der Waals surface area contributed by atoms with Gasteiger partial charge in [0.05, 0.1) is 11.5 Å². The molecule has 0 aliphatic carbocycles. The number of benzene rings is 1. The molecule has 17 heavy (non-hydrogen) atoms. The zero-order valence-corrected chi connectivity index (χ0v) is 10.1. The fraction of sp³-hybridized carbons (Fsp3) is 0.214. The first-order chi connectivity index (χ1) is 8.36. The minimum atomic E-state index is 0.772. The number of aldehydes is 1. The van der Waals surface area contributed by atoms with Crippen molar-refractivity contribution < 1.29 is 9.53 Å². The van der Waals surface area contributed by atoms with Gasteiger partial charge in [-0.3, -0.25) is 4.79 Å². The Morgan fingerprint density at radius 1 is 1.24 bits per heavy atom. The van der Waals surface area contributed by atoms with Crippen LogP contribution in [0.25, 0.3) is 10.4 Å². The summed E-state index contributed by atoms with van der Waals surface area (Å²) in [5.41, 5.74) is 2.45. The molecule has 1 aromatic heterocycles. The average molecular weight is 244 g/mol. The SMILES string of the molecule is O=Cc1ccc(-c2ccc3c(c2)CCCO3)s1. The third kappa shape index (κ3) is 1.98. The fourth-order valence-corrected chi connectivity index (χ4v) is 2.90. The van der Waals surface area contributed by atoms with Crippen LogP contribution < -0.4 is 4.74 Å². The summed E-state index contributed by atoms with van der Waals surface area (Å²) in [6, 6.07) is 10.1. The molecule has 0 amide bonds. The van der Waals surface area contributed by atoms with Crippen LogP contribution in [0.1, 0.15) is 21.7 Å². The van der Waals surface area contributed by atoms with Crippen molar-refractivity contribution in [3.63, 3.8) is 0 Å². The Hall–Kier alpha value is -1.61. The molecule has 0 bridgehead atoms. The zero-order valence-electron chi connectivity index (χ0n) is 9.31. The first-order valence-corrected chi connectivity index (χ1v) is 6.49. The van der Waals surface area contributed by atoms with Crippen molar-refractivity contribution in [2.45, 2.75) is 12.8 Å². The molecule has 3 rings (SSSR count). The first-order valence-electron chi connectivity index (χ1n) is 5.68. The summed E-state index contributed by atoms with van der Waals surface area (Å²) in [5, 5.41) is 0. The van der Waals surface area contributed by atoms with Crippen molar-refractivity contribution in [3.8, 4) is 16.2 Å². The van der Waals surface area contributed by atoms with Crippen LogP contribution >= 0.6 is 11.3 Å². The van der Waals surface area contributed by atoms with Crippen LogP contribution in [0.15, 0.2) is 30.3 Å². The van der Waals surface area contributed by atoms with E-state index in [0.717, 1.165) is 41.2 Å². The van der Waals surface area contributed by atoms with Crippen LogP contribution in [0, 0.1) is 0 Å². The molecule has 86 valence electrons. The van der Waals surface area contributed by atoms with Crippen molar-refractivity contribution >= 4 is 17.6 Å². The van der Waals surface area contributed by atoms with E-state index in [1.807, 2.05) is 18.2 Å². The number of carbonyl (C=O) groups is 1. The quantitative estimate of drug-likeness (QED) is 0.755. The van der Waals surface area contributed by atoms with Crippen LogP contribution in [0.3, 0.4) is 0 Å². The second-order valence-corrected chi connectivity index (χ2v) is 5.21. The largest absolute Gasteiger partial charge is 0.493 e. The summed E-state index contributed by atoms with van der Waals surface area (Å²) in [4.78, 5) is 12.6. The molecule has 2 aromatic rings. The molecule has 0 unspecified atom stereocenters. The van der Waals surface area contributed by atoms with E-state index in [4.69, 9.17) is 4.74 Å². The lowest BCUT2D eigenvalue weighted by Gasteiger charge is -2.17. The Balaban J connectivity index is 2.00. The molecule has 2 nitrogen and oxygen atoms in total. The number of carbonyl (C=O) groups excluding carboxylic acids is 1. The molecule has 3 heteroatoms. The standard InChI is InChI=1S/C14H12O2S/c15-9-12-4-6-14(17-12)11-3-5-13-10(8-11)2-1-7-16-13/h3-6,8-9H,1-2,7H2. The van der Waals surface area contributed by atoms with Crippen LogP contribution in [0.2, 0.25) is 0 Å². The number of ether oxygens (including phenoxy) is 1. The Morgan fingerprint density at radius 3 is 3.00 bits per heavy atom. The minimum Gasteiger partial charge on any atom is -0.493 e. The van der Waals surface area contributed by atoms with Gasteiger partial charge in [0.1, 0.15) is 5.75 Å². The van der Waals surface area contributed by atoms with E-state index in [0.29, 0.717) is 0 Å². The van der Waals surface area contributed by atoms with Gasteiger partial charge in [-0.2, -0.15) is 0 Å². The Labute approximate surface area is 104 Å². The molecule has 1 aliphatic heterocycles. The molecule has 0 radical (unpaired) electrons. The first kappa shape index (κ1) is 10.5. The number of hydrogen-bond acceptors (Lipinski definition) is 3. The Bertz CT molecular complexity index is 557. The predicted molar refractivity (Wildman–Crippen MR) is 69.0 cm³/mol. The second kappa shape index (κ2) is 4.34. The van der Waals surface area contributed by atoms with Crippen molar-refractivity contribution in [2.75, 3.05) is 6.61 Å². The van der Waals surface area contributed by atoms with E-state index in [1.54, 1.807) is 0 Å². The van der Waals surface area contributed by atoms with Gasteiger partial charge in [0.2, 0.25) is 0 Å². The van der Waals surface area contributed by atoms with Gasteiger partial charge in [0.25, 0.3) is 0 Å². The van der Waals surface area contributed by atoms with Gasteiger partial charge >= 0.3 is 0 Å². The average Bonchev–Trinajstić information content (AvgIpc) is 2.87. The maximum atomic E-state index is 10.7. The van der Waals surface area contributed by atoms with Gasteiger partial charge in [-0.05, 0) is 54.3 Å². The molecule has 0 atom stereocenters. The topological polar surface area (TPSA) is 26.3 Å². The predicted octanol–water partition coefficient (Wildman–Crippen LogP) is 3.55. The normalized spacial score (nSPS) is 13.9. The maximum absolute atomic E-state index is 10.7. The van der Waals surface area contributed by atoms with E-state index in [9.17, 15) is 4.79 Å². The smallest absolute Gasteiger partial charge is 0.160 e. The van der Waals surface area contributed by atoms with Crippen molar-refractivity contribution in [2.24, 2.45) is 0 Å². The van der Waals surface area contributed by atoms with E-state index in [1.165, 1.54) is 22.5 Å². The summed E-state index contributed by atoms with van der Waals surface area (Å²) in [7, 11) is 0. The van der Waals surface area contributed by atoms with E-state index < -0.39 is 0 Å². The van der Waals surface area contributed by atoms with Gasteiger partial charge in [-0.1, -0.05) is 0 Å². The summed E-state index contributed by atoms with van der Waals surface area (Å²) in [6.07, 6.45) is 3.06. The molecule has 0 N–H and O–H groups in total. The molecule has 1 aromatic carbocycles. The monoisotopic (exact) mass is 244 g/mol. The van der Waals surface area contributed by atoms with Gasteiger partial charge in [-0.15, -0.1) is 11.3 Å². The highest BCUT2D eigenvalue weighted by atomic mass is 32.1. The highest BCUT2D eigenvalue weighted by Crippen LogP contribution is 2.33. The van der Waals surface area contributed by atoms with E-state index >= 15 is 0 Å². The second-order valence-electron chi connectivity index (χ2n) is 4.09. The van der Waals surface area contributed by atoms with Crippen LogP contribution in [0.4, 0.5) is 0 Å². The lowest BCUT2D eigenvalue weighted by molar-refractivity contribution is 0.112. The van der Waals surface area contributed by atoms with Crippen molar-refractivity contribution in [1.82, 2.24) is 0 Å². The van der Waals surface area contributed by atoms with Gasteiger partial charge in [-0.25, -0.2) is 0 Å². The lowest BCUT2D eigenvalue weighted by Crippen LogP contribution is -2.07. The summed E-state index contributed by atoms with van der Waals surface area (Å²) in [6.45, 7) is 0.820. The third-order valence-corrected chi connectivity index (χ3v) is 4.00. The molecule has 0 saturated heterocycles. The molecule has 0 fully saturated rings. The molecule has 0 saturated carbocycles. The lowest BCUT2D eigenvalue weighted by atomic mass is 10.0. The molecule has 1 aliphatic rings. The number of aryl methyl sites for hydroxylation is 1. The fourth-order valence-electron chi connectivity index (χ4n) is 2.08. The molecular weight excluding hydrogens is 232 g/mol. The maximum Gasteiger partial charge on any atom is 0.160 e. The van der Waals surface area contributed by atoms with Crippen LogP contribution in [-0.4, -0.2) is 12.9 Å². The summed E-state index contributed by atoms with van der Waals surface area (Å²) in [5.74, 6) is 1.01. The number of thiophene rings is 1. The van der Waals surface area contributed by atoms with Gasteiger partial charge < -0.3 is 4.74 Å². The number of hydrogen-bond donors (Lipinski definition) is 0. The zero-order chi connectivity index (χ0) is 11.7. The third-order valence-electron chi connectivity index (χ3n) is 2.94. The number of rotatable bonds is 2. The summed E-state index contributed by atoms with van der Waals surface area (Å²) < 4.78 is 5.59. The highest BCUT2D eigenvalue weighted by Gasteiger charge is 2.11. The van der Waals surface area contributed by atoms with E-state index in [2.05, 4.69) is 12.1 Å². The van der Waals surface area contributed by atoms with Crippen LogP contribution in [0.5, 0.6) is 5.75 Å². The summed E-state index contributed by atoms with van der Waals surface area (Å²) >= 11 is 1.53. The minimum absolute atomic E-state index is 0.772. The van der Waals surface area contributed by atoms with E-state index in [-0.39, 0.29) is 0 Å². The highest BCUT2D eigenvalue weighted by molar-refractivity contribution is 7.17. The van der Waals surface area contributed by atoms with Gasteiger partial charge in [0.15, 0.2) is 6.29 Å². The molecular formula is C14H12O2S. The Morgan fingerprint density at radius 2 is 2.18 bits per heavy atom. The van der Waals surface area contributed by atoms with Crippen LogP contribution in [-0.2, 0) is 6.42 Å². The molecule has 0 spiro atoms.